The Kier molecular flexibility index (Phi) is 4.49. The molecule has 7 heteroatoms. The van der Waals surface area contributed by atoms with E-state index >= 15 is 0 Å². The van der Waals surface area contributed by atoms with Crippen LogP contribution in [0, 0.1) is 0 Å². The topological polar surface area (TPSA) is 80.9 Å². The van der Waals surface area contributed by atoms with Crippen molar-refractivity contribution in [3.8, 4) is 0 Å². The number of amides is 1. The zero-order chi connectivity index (χ0) is 12.1. The summed E-state index contributed by atoms with van der Waals surface area (Å²) in [4.78, 5) is 10.8. The molecule has 1 fully saturated rings. The van der Waals surface area contributed by atoms with E-state index in [1.165, 1.54) is 17.3 Å². The molecule has 5 nitrogen and oxygen atoms in total. The van der Waals surface area contributed by atoms with Crippen LogP contribution in [0.4, 0.5) is 5.82 Å². The van der Waals surface area contributed by atoms with Crippen LogP contribution in [0.25, 0.3) is 0 Å². The number of carbonyl (C=O) groups is 1. The maximum absolute atomic E-state index is 10.8. The van der Waals surface area contributed by atoms with Gasteiger partial charge >= 0.3 is 0 Å². The van der Waals surface area contributed by atoms with Crippen LogP contribution in [0.3, 0.4) is 0 Å². The molecule has 0 bridgehead atoms. The van der Waals surface area contributed by atoms with E-state index in [1.807, 2.05) is 23.5 Å². The third-order valence-corrected chi connectivity index (χ3v) is 5.16. The molecule has 0 saturated carbocycles. The van der Waals surface area contributed by atoms with Crippen LogP contribution >= 0.6 is 23.5 Å². The number of hydrogen-bond donors (Lipinski definition) is 2. The Morgan fingerprint density at radius 3 is 2.94 bits per heavy atom. The first kappa shape index (κ1) is 12.5. The first-order valence-corrected chi connectivity index (χ1v) is 7.53. The van der Waals surface area contributed by atoms with Crippen molar-refractivity contribution in [1.82, 2.24) is 10.2 Å². The molecule has 1 atom stereocenters. The van der Waals surface area contributed by atoms with Gasteiger partial charge in [0.2, 0.25) is 0 Å². The van der Waals surface area contributed by atoms with Gasteiger partial charge in [-0.25, -0.2) is 0 Å². The number of thioether (sulfide) groups is 2. The summed E-state index contributed by atoms with van der Waals surface area (Å²) in [6, 6.07) is 3.31. The highest BCUT2D eigenvalue weighted by molar-refractivity contribution is 8.06. The molecular weight excluding hydrogens is 256 g/mol. The maximum atomic E-state index is 10.8. The molecule has 3 N–H and O–H groups in total. The van der Waals surface area contributed by atoms with E-state index in [0.29, 0.717) is 11.1 Å². The summed E-state index contributed by atoms with van der Waals surface area (Å²) in [7, 11) is 0. The summed E-state index contributed by atoms with van der Waals surface area (Å²) in [6.45, 7) is 0.877. The fraction of sp³-hybridized carbons (Fsp3) is 0.500. The Morgan fingerprint density at radius 2 is 2.35 bits per heavy atom. The van der Waals surface area contributed by atoms with Crippen molar-refractivity contribution < 1.29 is 4.79 Å². The lowest BCUT2D eigenvalue weighted by Crippen LogP contribution is -2.23. The SMILES string of the molecule is NC(=O)c1ccc(NCC2CSCCS2)nn1. The first-order valence-electron chi connectivity index (χ1n) is 5.32. The van der Waals surface area contributed by atoms with Crippen molar-refractivity contribution in [2.24, 2.45) is 5.73 Å². The minimum atomic E-state index is -0.553. The summed E-state index contributed by atoms with van der Waals surface area (Å²) in [5, 5.41) is 11.5. The van der Waals surface area contributed by atoms with Gasteiger partial charge < -0.3 is 11.1 Å². The van der Waals surface area contributed by atoms with Crippen LogP contribution in [0.1, 0.15) is 10.5 Å². The molecule has 1 aromatic heterocycles. The van der Waals surface area contributed by atoms with E-state index in [1.54, 1.807) is 12.1 Å². The van der Waals surface area contributed by atoms with E-state index in [-0.39, 0.29) is 5.69 Å². The minimum Gasteiger partial charge on any atom is -0.367 e. The van der Waals surface area contributed by atoms with Gasteiger partial charge in [-0.1, -0.05) is 0 Å². The first-order chi connectivity index (χ1) is 8.25. The van der Waals surface area contributed by atoms with Gasteiger partial charge in [0, 0.05) is 29.1 Å². The quantitative estimate of drug-likeness (QED) is 0.843. The number of carbonyl (C=O) groups excluding carboxylic acids is 1. The van der Waals surface area contributed by atoms with Crippen molar-refractivity contribution in [2.75, 3.05) is 29.1 Å². The fourth-order valence-corrected chi connectivity index (χ4v) is 4.04. The highest BCUT2D eigenvalue weighted by Crippen LogP contribution is 2.23. The number of anilines is 1. The van der Waals surface area contributed by atoms with Gasteiger partial charge in [0.1, 0.15) is 5.82 Å². The van der Waals surface area contributed by atoms with E-state index in [9.17, 15) is 4.79 Å². The Balaban J connectivity index is 1.84. The number of rotatable bonds is 4. The lowest BCUT2D eigenvalue weighted by molar-refractivity contribution is 0.0994. The molecule has 17 heavy (non-hydrogen) atoms. The molecular formula is C10H14N4OS2. The summed E-state index contributed by atoms with van der Waals surface area (Å²) in [5.74, 6) is 3.76. The van der Waals surface area contributed by atoms with Crippen LogP contribution in [-0.4, -0.2) is 45.2 Å². The van der Waals surface area contributed by atoms with Gasteiger partial charge in [-0.05, 0) is 12.1 Å². The highest BCUT2D eigenvalue weighted by Gasteiger charge is 2.14. The molecule has 1 unspecified atom stereocenters. The molecule has 0 spiro atoms. The standard InChI is InChI=1S/C10H14N4OS2/c11-10(15)8-1-2-9(14-13-8)12-5-7-6-16-3-4-17-7/h1-2,7H,3-6H2,(H2,11,15)(H,12,14). The van der Waals surface area contributed by atoms with Crippen molar-refractivity contribution in [3.63, 3.8) is 0 Å². The Bertz CT molecular complexity index is 378. The summed E-state index contributed by atoms with van der Waals surface area (Å²) >= 11 is 3.97. The lowest BCUT2D eigenvalue weighted by atomic mass is 10.3. The number of nitrogens with zero attached hydrogens (tertiary/aromatic N) is 2. The van der Waals surface area contributed by atoms with Gasteiger partial charge in [0.05, 0.1) is 0 Å². The van der Waals surface area contributed by atoms with E-state index in [0.717, 1.165) is 6.54 Å². The van der Waals surface area contributed by atoms with Gasteiger partial charge in [0.15, 0.2) is 5.69 Å². The van der Waals surface area contributed by atoms with Crippen LogP contribution in [0.2, 0.25) is 0 Å². The Hall–Kier alpha value is -0.950. The predicted molar refractivity (Wildman–Crippen MR) is 72.6 cm³/mol. The minimum absolute atomic E-state index is 0.193. The smallest absolute Gasteiger partial charge is 0.269 e. The number of nitrogens with two attached hydrogens (primary N) is 1. The molecule has 92 valence electrons. The molecule has 1 saturated heterocycles. The zero-order valence-corrected chi connectivity index (χ0v) is 10.9. The lowest BCUT2D eigenvalue weighted by Gasteiger charge is -2.21. The third-order valence-electron chi connectivity index (χ3n) is 2.31. The molecule has 1 aromatic rings. The largest absolute Gasteiger partial charge is 0.367 e. The summed E-state index contributed by atoms with van der Waals surface area (Å²) < 4.78 is 0. The molecule has 0 aromatic carbocycles. The number of primary amides is 1. The molecule has 1 aliphatic heterocycles. The fourth-order valence-electron chi connectivity index (χ4n) is 1.43. The van der Waals surface area contributed by atoms with Gasteiger partial charge in [-0.15, -0.1) is 10.2 Å². The molecule has 2 heterocycles. The number of nitrogens with one attached hydrogen (secondary N) is 1. The highest BCUT2D eigenvalue weighted by atomic mass is 32.2. The Morgan fingerprint density at radius 1 is 1.47 bits per heavy atom. The van der Waals surface area contributed by atoms with Gasteiger partial charge in [0.25, 0.3) is 5.91 Å². The monoisotopic (exact) mass is 270 g/mol. The molecule has 1 amide bonds. The van der Waals surface area contributed by atoms with E-state index in [4.69, 9.17) is 5.73 Å². The average molecular weight is 270 g/mol. The molecule has 2 rings (SSSR count). The molecule has 0 aliphatic carbocycles. The summed E-state index contributed by atoms with van der Waals surface area (Å²) in [5.41, 5.74) is 5.28. The average Bonchev–Trinajstić information content (AvgIpc) is 2.38. The number of hydrogen-bond acceptors (Lipinski definition) is 6. The second-order valence-electron chi connectivity index (χ2n) is 3.62. The maximum Gasteiger partial charge on any atom is 0.269 e. The second kappa shape index (κ2) is 6.11. The van der Waals surface area contributed by atoms with Crippen LogP contribution < -0.4 is 11.1 Å². The van der Waals surface area contributed by atoms with Crippen molar-refractivity contribution in [3.05, 3.63) is 17.8 Å². The number of aromatic nitrogens is 2. The predicted octanol–water partition coefficient (Wildman–Crippen LogP) is 0.836. The van der Waals surface area contributed by atoms with Crippen molar-refractivity contribution >= 4 is 35.2 Å². The Labute approximate surface area is 108 Å². The summed E-state index contributed by atoms with van der Waals surface area (Å²) in [6.07, 6.45) is 0. The van der Waals surface area contributed by atoms with Gasteiger partial charge in [-0.2, -0.15) is 23.5 Å². The molecule has 1 aliphatic rings. The van der Waals surface area contributed by atoms with Crippen molar-refractivity contribution in [1.29, 1.82) is 0 Å². The van der Waals surface area contributed by atoms with Crippen LogP contribution in [-0.2, 0) is 0 Å². The van der Waals surface area contributed by atoms with Crippen LogP contribution in [0.5, 0.6) is 0 Å². The van der Waals surface area contributed by atoms with E-state index in [2.05, 4.69) is 15.5 Å². The second-order valence-corrected chi connectivity index (χ2v) is 6.17. The van der Waals surface area contributed by atoms with Gasteiger partial charge in [-0.3, -0.25) is 4.79 Å². The normalized spacial score (nSPS) is 19.9. The van der Waals surface area contributed by atoms with Crippen LogP contribution in [0.15, 0.2) is 12.1 Å². The zero-order valence-electron chi connectivity index (χ0n) is 9.26. The van der Waals surface area contributed by atoms with Crippen molar-refractivity contribution in [2.45, 2.75) is 5.25 Å². The third kappa shape index (κ3) is 3.78. The van der Waals surface area contributed by atoms with E-state index < -0.39 is 5.91 Å². The molecule has 0 radical (unpaired) electrons.